The first-order valence-corrected chi connectivity index (χ1v) is 5.47. The van der Waals surface area contributed by atoms with Gasteiger partial charge >= 0.3 is 12.1 Å². The first kappa shape index (κ1) is 15.9. The van der Waals surface area contributed by atoms with Gasteiger partial charge in [-0.05, 0) is 24.6 Å². The molecule has 2 N–H and O–H groups in total. The van der Waals surface area contributed by atoms with E-state index in [-0.39, 0.29) is 11.1 Å². The van der Waals surface area contributed by atoms with Crippen molar-refractivity contribution in [2.45, 2.75) is 25.6 Å². The van der Waals surface area contributed by atoms with Crippen molar-refractivity contribution in [3.63, 3.8) is 0 Å². The minimum absolute atomic E-state index is 0.0684. The number of rotatable bonds is 4. The van der Waals surface area contributed by atoms with E-state index in [0.29, 0.717) is 0 Å². The van der Waals surface area contributed by atoms with Crippen molar-refractivity contribution in [1.29, 1.82) is 0 Å². The number of alkyl halides is 3. The van der Waals surface area contributed by atoms with E-state index in [9.17, 15) is 27.2 Å². The van der Waals surface area contributed by atoms with Crippen LogP contribution in [0.5, 0.6) is 0 Å². The molecule has 0 aliphatic carbocycles. The molecular weight excluding hydrogens is 282 g/mol. The Morgan fingerprint density at radius 3 is 2.45 bits per heavy atom. The maximum Gasteiger partial charge on any atom is 0.391 e. The van der Waals surface area contributed by atoms with E-state index in [1.807, 2.05) is 0 Å². The number of nitrogens with one attached hydrogen (secondary N) is 1. The minimum atomic E-state index is -4.74. The maximum absolute atomic E-state index is 13.2. The Bertz CT molecular complexity index is 528. The monoisotopic (exact) mass is 293 g/mol. The van der Waals surface area contributed by atoms with Crippen LogP contribution >= 0.6 is 0 Å². The van der Waals surface area contributed by atoms with E-state index >= 15 is 0 Å². The first-order chi connectivity index (χ1) is 9.11. The van der Waals surface area contributed by atoms with Gasteiger partial charge in [0.15, 0.2) is 0 Å². The summed E-state index contributed by atoms with van der Waals surface area (Å²) in [4.78, 5) is 22.4. The fourth-order valence-electron chi connectivity index (χ4n) is 1.52. The predicted molar refractivity (Wildman–Crippen MR) is 60.7 cm³/mol. The second-order valence-corrected chi connectivity index (χ2v) is 4.10. The summed E-state index contributed by atoms with van der Waals surface area (Å²) in [5, 5.41) is 10.4. The molecule has 110 valence electrons. The Morgan fingerprint density at radius 1 is 1.35 bits per heavy atom. The lowest BCUT2D eigenvalue weighted by atomic mass is 10.1. The van der Waals surface area contributed by atoms with E-state index in [1.165, 1.54) is 19.1 Å². The molecule has 1 unspecified atom stereocenters. The fraction of sp³-hybridized carbons (Fsp3) is 0.333. The third-order valence-corrected chi connectivity index (χ3v) is 2.55. The van der Waals surface area contributed by atoms with Crippen molar-refractivity contribution < 1.29 is 32.3 Å². The number of hydrogen-bond donors (Lipinski definition) is 2. The smallest absolute Gasteiger partial charge is 0.391 e. The van der Waals surface area contributed by atoms with E-state index in [1.54, 1.807) is 5.32 Å². The highest BCUT2D eigenvalue weighted by Gasteiger charge is 2.36. The molecule has 20 heavy (non-hydrogen) atoms. The molecule has 1 atom stereocenters. The summed E-state index contributed by atoms with van der Waals surface area (Å²) in [6.45, 7) is 1.27. The SMILES string of the molecule is Cc1c(F)cccc1C(=O)NC(CC(F)(F)F)C(=O)O. The standard InChI is InChI=1S/C12H11F4NO3/c1-6-7(3-2-4-8(6)13)10(18)17-9(11(19)20)5-12(14,15)16/h2-4,9H,5H2,1H3,(H,17,18)(H,19,20). The molecular formula is C12H11F4NO3. The third-order valence-electron chi connectivity index (χ3n) is 2.55. The van der Waals surface area contributed by atoms with Crippen molar-refractivity contribution in [3.05, 3.63) is 35.1 Å². The molecule has 0 aromatic heterocycles. The van der Waals surface area contributed by atoms with Gasteiger partial charge < -0.3 is 10.4 Å². The number of hydrogen-bond acceptors (Lipinski definition) is 2. The number of halogens is 4. The van der Waals surface area contributed by atoms with Crippen LogP contribution in [0.2, 0.25) is 0 Å². The van der Waals surface area contributed by atoms with E-state index < -0.39 is 36.3 Å². The van der Waals surface area contributed by atoms with Gasteiger partial charge in [-0.25, -0.2) is 9.18 Å². The van der Waals surface area contributed by atoms with Crippen LogP contribution in [0.25, 0.3) is 0 Å². The summed E-state index contributed by atoms with van der Waals surface area (Å²) in [6, 6.07) is 1.36. The molecule has 1 amide bonds. The fourth-order valence-corrected chi connectivity index (χ4v) is 1.52. The minimum Gasteiger partial charge on any atom is -0.480 e. The van der Waals surface area contributed by atoms with Crippen molar-refractivity contribution >= 4 is 11.9 Å². The van der Waals surface area contributed by atoms with Crippen LogP contribution in [0.15, 0.2) is 18.2 Å². The van der Waals surface area contributed by atoms with E-state index in [0.717, 1.165) is 6.07 Å². The normalized spacial score (nSPS) is 12.8. The van der Waals surface area contributed by atoms with Crippen molar-refractivity contribution in [2.75, 3.05) is 0 Å². The predicted octanol–water partition coefficient (Wildman–Crippen LogP) is 2.27. The summed E-state index contributed by atoms with van der Waals surface area (Å²) in [5.74, 6) is -3.59. The van der Waals surface area contributed by atoms with Crippen LogP contribution in [-0.2, 0) is 4.79 Å². The van der Waals surface area contributed by atoms with Gasteiger partial charge in [-0.3, -0.25) is 4.79 Å². The molecule has 0 fully saturated rings. The van der Waals surface area contributed by atoms with E-state index in [2.05, 4.69) is 0 Å². The van der Waals surface area contributed by atoms with Gasteiger partial charge in [0.2, 0.25) is 0 Å². The van der Waals surface area contributed by atoms with Gasteiger partial charge in [0.1, 0.15) is 11.9 Å². The Labute approximate surface area is 111 Å². The largest absolute Gasteiger partial charge is 0.480 e. The van der Waals surface area contributed by atoms with Crippen LogP contribution in [0.3, 0.4) is 0 Å². The molecule has 0 spiro atoms. The average molecular weight is 293 g/mol. The Morgan fingerprint density at radius 2 is 1.95 bits per heavy atom. The van der Waals surface area contributed by atoms with Gasteiger partial charge in [-0.1, -0.05) is 6.07 Å². The highest BCUT2D eigenvalue weighted by Crippen LogP contribution is 2.22. The van der Waals surface area contributed by atoms with Crippen molar-refractivity contribution in [1.82, 2.24) is 5.32 Å². The van der Waals surface area contributed by atoms with E-state index in [4.69, 9.17) is 5.11 Å². The van der Waals surface area contributed by atoms with Crippen LogP contribution in [-0.4, -0.2) is 29.2 Å². The van der Waals surface area contributed by atoms with Crippen LogP contribution in [0, 0.1) is 12.7 Å². The molecule has 0 saturated carbocycles. The molecule has 0 bridgehead atoms. The first-order valence-electron chi connectivity index (χ1n) is 5.47. The van der Waals surface area contributed by atoms with Crippen LogP contribution in [0.1, 0.15) is 22.3 Å². The number of carbonyl (C=O) groups excluding carboxylic acids is 1. The maximum atomic E-state index is 13.2. The molecule has 0 aliphatic rings. The molecule has 0 aliphatic heterocycles. The quantitative estimate of drug-likeness (QED) is 0.837. The zero-order valence-corrected chi connectivity index (χ0v) is 10.3. The molecule has 0 radical (unpaired) electrons. The van der Waals surface area contributed by atoms with Gasteiger partial charge in [0.05, 0.1) is 6.42 Å². The van der Waals surface area contributed by atoms with Gasteiger partial charge in [0.25, 0.3) is 5.91 Å². The Hall–Kier alpha value is -2.12. The average Bonchev–Trinajstić information content (AvgIpc) is 2.29. The number of carbonyl (C=O) groups is 2. The van der Waals surface area contributed by atoms with Crippen LogP contribution in [0.4, 0.5) is 17.6 Å². The molecule has 1 aromatic carbocycles. The summed E-state index contributed by atoms with van der Waals surface area (Å²) < 4.78 is 49.8. The zero-order chi connectivity index (χ0) is 15.5. The third kappa shape index (κ3) is 4.22. The lowest BCUT2D eigenvalue weighted by Gasteiger charge is -2.17. The topological polar surface area (TPSA) is 66.4 Å². The molecule has 0 heterocycles. The molecule has 0 saturated heterocycles. The Balaban J connectivity index is 2.92. The van der Waals surface area contributed by atoms with Crippen molar-refractivity contribution in [3.8, 4) is 0 Å². The number of carboxylic acids is 1. The molecule has 1 rings (SSSR count). The van der Waals surface area contributed by atoms with Crippen LogP contribution < -0.4 is 5.32 Å². The lowest BCUT2D eigenvalue weighted by Crippen LogP contribution is -2.43. The number of benzene rings is 1. The zero-order valence-electron chi connectivity index (χ0n) is 10.3. The Kier molecular flexibility index (Phi) is 4.69. The van der Waals surface area contributed by atoms with Crippen molar-refractivity contribution in [2.24, 2.45) is 0 Å². The molecule has 8 heteroatoms. The second-order valence-electron chi connectivity index (χ2n) is 4.10. The van der Waals surface area contributed by atoms with Gasteiger partial charge in [0, 0.05) is 5.56 Å². The summed E-state index contributed by atoms with van der Waals surface area (Å²) in [5.41, 5.74) is -0.278. The molecule has 4 nitrogen and oxygen atoms in total. The lowest BCUT2D eigenvalue weighted by molar-refractivity contribution is -0.157. The van der Waals surface area contributed by atoms with Gasteiger partial charge in [-0.2, -0.15) is 13.2 Å². The number of amides is 1. The highest BCUT2D eigenvalue weighted by atomic mass is 19.4. The second kappa shape index (κ2) is 5.89. The summed E-state index contributed by atoms with van der Waals surface area (Å²) >= 11 is 0. The highest BCUT2D eigenvalue weighted by molar-refractivity contribution is 5.97. The molecule has 1 aromatic rings. The summed E-state index contributed by atoms with van der Waals surface area (Å²) in [7, 11) is 0. The number of carboxylic acid groups (broad SMARTS) is 1. The number of aliphatic carboxylic acids is 1. The van der Waals surface area contributed by atoms with Gasteiger partial charge in [-0.15, -0.1) is 0 Å². The summed E-state index contributed by atoms with van der Waals surface area (Å²) in [6.07, 6.45) is -6.45.